The van der Waals surface area contributed by atoms with Crippen molar-refractivity contribution < 1.29 is 14.4 Å². The lowest BCUT2D eigenvalue weighted by Gasteiger charge is -2.35. The molecule has 1 atom stereocenters. The minimum Gasteiger partial charge on any atom is -0.339 e. The lowest BCUT2D eigenvalue weighted by atomic mass is 10.1. The molecule has 25 heavy (non-hydrogen) atoms. The Morgan fingerprint density at radius 2 is 1.64 bits per heavy atom. The number of benzene rings is 1. The molecule has 2 heterocycles. The van der Waals surface area contributed by atoms with E-state index in [4.69, 9.17) is 0 Å². The molecule has 0 N–H and O–H groups in total. The average Bonchev–Trinajstić information content (AvgIpc) is 2.97. The average molecular weight is 343 g/mol. The lowest BCUT2D eigenvalue weighted by Crippen LogP contribution is -2.51. The number of likely N-dealkylation sites (tertiary alicyclic amines) is 1. The molecule has 3 rings (SSSR count). The maximum Gasteiger partial charge on any atom is 0.228 e. The van der Waals surface area contributed by atoms with Crippen molar-refractivity contribution in [1.29, 1.82) is 0 Å². The second kappa shape index (κ2) is 7.25. The van der Waals surface area contributed by atoms with Gasteiger partial charge in [0, 0.05) is 52.6 Å². The summed E-state index contributed by atoms with van der Waals surface area (Å²) in [4.78, 5) is 41.7. The van der Waals surface area contributed by atoms with Crippen LogP contribution in [0.5, 0.6) is 0 Å². The topological polar surface area (TPSA) is 60.9 Å². The molecule has 0 radical (unpaired) electrons. The van der Waals surface area contributed by atoms with Gasteiger partial charge in [0.1, 0.15) is 0 Å². The van der Waals surface area contributed by atoms with Crippen LogP contribution in [0.4, 0.5) is 0 Å². The Hall–Kier alpha value is -2.37. The molecule has 0 aliphatic carbocycles. The summed E-state index contributed by atoms with van der Waals surface area (Å²) >= 11 is 0. The number of piperazine rings is 1. The van der Waals surface area contributed by atoms with Crippen molar-refractivity contribution in [2.45, 2.75) is 26.8 Å². The van der Waals surface area contributed by atoms with Crippen LogP contribution >= 0.6 is 0 Å². The van der Waals surface area contributed by atoms with Gasteiger partial charge in [-0.05, 0) is 12.5 Å². The van der Waals surface area contributed by atoms with Crippen LogP contribution in [-0.2, 0) is 20.9 Å². The Morgan fingerprint density at radius 3 is 2.24 bits per heavy atom. The zero-order valence-electron chi connectivity index (χ0n) is 14.9. The molecule has 0 aromatic heterocycles. The van der Waals surface area contributed by atoms with Gasteiger partial charge in [0.05, 0.1) is 5.92 Å². The van der Waals surface area contributed by atoms with Gasteiger partial charge >= 0.3 is 0 Å². The van der Waals surface area contributed by atoms with Gasteiger partial charge in [-0.3, -0.25) is 14.4 Å². The van der Waals surface area contributed by atoms with Gasteiger partial charge in [-0.25, -0.2) is 0 Å². The summed E-state index contributed by atoms with van der Waals surface area (Å²) in [6.07, 6.45) is 0.289. The Kier molecular flexibility index (Phi) is 5.06. The molecule has 0 unspecified atom stereocenters. The standard InChI is InChI=1S/C19H25N3O3/c1-14-3-5-16(6-4-14)12-22-13-17(11-18(22)24)19(25)21-9-7-20(8-10-21)15(2)23/h3-6,17H,7-13H2,1-2H3/t17-/m0/s1. The van der Waals surface area contributed by atoms with Crippen molar-refractivity contribution in [1.82, 2.24) is 14.7 Å². The Bertz CT molecular complexity index is 663. The predicted octanol–water partition coefficient (Wildman–Crippen LogP) is 1.03. The van der Waals surface area contributed by atoms with E-state index in [0.717, 1.165) is 5.56 Å². The quantitative estimate of drug-likeness (QED) is 0.824. The zero-order valence-corrected chi connectivity index (χ0v) is 14.9. The summed E-state index contributed by atoms with van der Waals surface area (Å²) < 4.78 is 0. The fourth-order valence-corrected chi connectivity index (χ4v) is 3.50. The first-order valence-corrected chi connectivity index (χ1v) is 8.81. The van der Waals surface area contributed by atoms with E-state index in [2.05, 4.69) is 0 Å². The molecular weight excluding hydrogens is 318 g/mol. The molecule has 0 saturated carbocycles. The van der Waals surface area contributed by atoms with Crippen molar-refractivity contribution in [2.75, 3.05) is 32.7 Å². The molecule has 6 heteroatoms. The van der Waals surface area contributed by atoms with E-state index in [0.29, 0.717) is 39.3 Å². The van der Waals surface area contributed by atoms with Gasteiger partial charge < -0.3 is 14.7 Å². The molecule has 134 valence electrons. The smallest absolute Gasteiger partial charge is 0.228 e. The highest BCUT2D eigenvalue weighted by Crippen LogP contribution is 2.23. The molecule has 0 spiro atoms. The number of hydrogen-bond donors (Lipinski definition) is 0. The fraction of sp³-hybridized carbons (Fsp3) is 0.526. The molecule has 2 aliphatic rings. The Balaban J connectivity index is 1.56. The second-order valence-corrected chi connectivity index (χ2v) is 6.99. The van der Waals surface area contributed by atoms with Crippen LogP contribution in [0.1, 0.15) is 24.5 Å². The Morgan fingerprint density at radius 1 is 1.04 bits per heavy atom. The highest BCUT2D eigenvalue weighted by molar-refractivity contribution is 5.89. The number of nitrogens with zero attached hydrogens (tertiary/aromatic N) is 3. The first-order valence-electron chi connectivity index (χ1n) is 8.81. The van der Waals surface area contributed by atoms with Gasteiger partial charge in [0.25, 0.3) is 0 Å². The molecule has 6 nitrogen and oxygen atoms in total. The summed E-state index contributed by atoms with van der Waals surface area (Å²) in [5, 5.41) is 0. The maximum atomic E-state index is 12.7. The highest BCUT2D eigenvalue weighted by Gasteiger charge is 2.37. The van der Waals surface area contributed by atoms with Gasteiger partial charge in [-0.15, -0.1) is 0 Å². The van der Waals surface area contributed by atoms with Crippen molar-refractivity contribution in [3.8, 4) is 0 Å². The van der Waals surface area contributed by atoms with Crippen LogP contribution in [0, 0.1) is 12.8 Å². The van der Waals surface area contributed by atoms with Crippen LogP contribution in [0.2, 0.25) is 0 Å². The van der Waals surface area contributed by atoms with E-state index in [1.54, 1.807) is 21.6 Å². The number of carbonyl (C=O) groups excluding carboxylic acids is 3. The van der Waals surface area contributed by atoms with Gasteiger partial charge in [-0.2, -0.15) is 0 Å². The van der Waals surface area contributed by atoms with Gasteiger partial charge in [0.15, 0.2) is 0 Å². The SMILES string of the molecule is CC(=O)N1CCN(C(=O)[C@H]2CC(=O)N(Cc3ccc(C)cc3)C2)CC1. The number of aryl methyl sites for hydroxylation is 1. The van der Waals surface area contributed by atoms with E-state index >= 15 is 0 Å². The van der Waals surface area contributed by atoms with Crippen LogP contribution in [0.25, 0.3) is 0 Å². The molecule has 1 aromatic carbocycles. The first-order chi connectivity index (χ1) is 11.9. The number of rotatable bonds is 3. The maximum absolute atomic E-state index is 12.7. The number of hydrogen-bond acceptors (Lipinski definition) is 3. The monoisotopic (exact) mass is 343 g/mol. The van der Waals surface area contributed by atoms with Crippen molar-refractivity contribution in [2.24, 2.45) is 5.92 Å². The third-order valence-electron chi connectivity index (χ3n) is 5.09. The third kappa shape index (κ3) is 4.00. The summed E-state index contributed by atoms with van der Waals surface area (Å²) in [7, 11) is 0. The van der Waals surface area contributed by atoms with Crippen LogP contribution in [-0.4, -0.2) is 65.1 Å². The van der Waals surface area contributed by atoms with Crippen molar-refractivity contribution in [3.63, 3.8) is 0 Å². The first kappa shape index (κ1) is 17.5. The zero-order chi connectivity index (χ0) is 18.0. The van der Waals surface area contributed by atoms with E-state index in [-0.39, 0.29) is 30.1 Å². The number of carbonyl (C=O) groups is 3. The minimum absolute atomic E-state index is 0.0429. The summed E-state index contributed by atoms with van der Waals surface area (Å²) in [5.74, 6) is -0.126. The van der Waals surface area contributed by atoms with Gasteiger partial charge in [-0.1, -0.05) is 29.8 Å². The van der Waals surface area contributed by atoms with Crippen molar-refractivity contribution in [3.05, 3.63) is 35.4 Å². The lowest BCUT2D eigenvalue weighted by molar-refractivity contribution is -0.141. The fourth-order valence-electron chi connectivity index (χ4n) is 3.50. The molecule has 2 fully saturated rings. The van der Waals surface area contributed by atoms with E-state index in [1.165, 1.54) is 5.56 Å². The largest absolute Gasteiger partial charge is 0.339 e. The van der Waals surface area contributed by atoms with Crippen LogP contribution in [0.15, 0.2) is 24.3 Å². The van der Waals surface area contributed by atoms with Crippen molar-refractivity contribution >= 4 is 17.7 Å². The third-order valence-corrected chi connectivity index (χ3v) is 5.09. The van der Waals surface area contributed by atoms with Crippen LogP contribution in [0.3, 0.4) is 0 Å². The molecule has 3 amide bonds. The molecule has 1 aromatic rings. The summed E-state index contributed by atoms with van der Waals surface area (Å²) in [6, 6.07) is 8.12. The molecule has 0 bridgehead atoms. The Labute approximate surface area is 148 Å². The second-order valence-electron chi connectivity index (χ2n) is 6.99. The van der Waals surface area contributed by atoms with E-state index in [9.17, 15) is 14.4 Å². The molecule has 2 aliphatic heterocycles. The van der Waals surface area contributed by atoms with E-state index < -0.39 is 0 Å². The van der Waals surface area contributed by atoms with Crippen LogP contribution < -0.4 is 0 Å². The normalized spacial score (nSPS) is 21.0. The molecule has 2 saturated heterocycles. The number of amides is 3. The van der Waals surface area contributed by atoms with E-state index in [1.807, 2.05) is 31.2 Å². The van der Waals surface area contributed by atoms with Gasteiger partial charge in [0.2, 0.25) is 17.7 Å². The predicted molar refractivity (Wildman–Crippen MR) is 93.5 cm³/mol. The summed E-state index contributed by atoms with van der Waals surface area (Å²) in [6.45, 7) is 6.90. The summed E-state index contributed by atoms with van der Waals surface area (Å²) in [5.41, 5.74) is 2.27. The highest BCUT2D eigenvalue weighted by atomic mass is 16.2. The molecular formula is C19H25N3O3. The minimum atomic E-state index is -0.262.